The molecule has 1 atom stereocenters. The van der Waals surface area contributed by atoms with E-state index in [2.05, 4.69) is 13.8 Å². The molecule has 1 unspecified atom stereocenters. The SMILES string of the molecule is CCC1CCC(C(C)Cc2ccc(CCc3cc(F)c(F)c(F)c3)c(F)c2)CC1. The molecule has 0 aliphatic heterocycles. The van der Waals surface area contributed by atoms with Crippen LogP contribution in [0.1, 0.15) is 62.6 Å². The minimum Gasteiger partial charge on any atom is -0.207 e. The Balaban J connectivity index is 1.57. The van der Waals surface area contributed by atoms with E-state index in [0.29, 0.717) is 29.4 Å². The third kappa shape index (κ3) is 5.61. The van der Waals surface area contributed by atoms with Gasteiger partial charge in [0.1, 0.15) is 5.82 Å². The smallest absolute Gasteiger partial charge is 0.194 e. The second-order valence-electron chi connectivity index (χ2n) is 8.67. The molecule has 0 saturated heterocycles. The van der Waals surface area contributed by atoms with Crippen LogP contribution in [0.25, 0.3) is 0 Å². The van der Waals surface area contributed by atoms with E-state index in [1.165, 1.54) is 32.1 Å². The zero-order chi connectivity index (χ0) is 21.0. The number of rotatable bonds is 7. The van der Waals surface area contributed by atoms with Crippen LogP contribution in [0, 0.1) is 41.0 Å². The van der Waals surface area contributed by atoms with Crippen molar-refractivity contribution in [2.75, 3.05) is 0 Å². The van der Waals surface area contributed by atoms with Crippen LogP contribution in [0.4, 0.5) is 17.6 Å². The van der Waals surface area contributed by atoms with Crippen molar-refractivity contribution >= 4 is 0 Å². The number of aryl methyl sites for hydroxylation is 2. The van der Waals surface area contributed by atoms with Crippen LogP contribution in [-0.4, -0.2) is 0 Å². The van der Waals surface area contributed by atoms with Crippen LogP contribution in [0.3, 0.4) is 0 Å². The van der Waals surface area contributed by atoms with Gasteiger partial charge in [-0.15, -0.1) is 0 Å². The van der Waals surface area contributed by atoms with Gasteiger partial charge >= 0.3 is 0 Å². The summed E-state index contributed by atoms with van der Waals surface area (Å²) < 4.78 is 54.3. The Hall–Kier alpha value is -1.84. The van der Waals surface area contributed by atoms with Crippen LogP contribution in [0.5, 0.6) is 0 Å². The fraction of sp³-hybridized carbons (Fsp3) is 0.520. The molecule has 4 heteroatoms. The zero-order valence-electron chi connectivity index (χ0n) is 17.3. The molecule has 3 rings (SSSR count). The summed E-state index contributed by atoms with van der Waals surface area (Å²) in [5, 5.41) is 0. The molecule has 0 N–H and O–H groups in total. The lowest BCUT2D eigenvalue weighted by Gasteiger charge is -2.32. The lowest BCUT2D eigenvalue weighted by atomic mass is 9.74. The van der Waals surface area contributed by atoms with Crippen molar-refractivity contribution in [3.8, 4) is 0 Å². The molecule has 0 bridgehead atoms. The first-order valence-corrected chi connectivity index (χ1v) is 10.8. The maximum absolute atomic E-state index is 14.6. The number of hydrogen-bond donors (Lipinski definition) is 0. The van der Waals surface area contributed by atoms with Gasteiger partial charge in [0, 0.05) is 0 Å². The number of benzene rings is 2. The quantitative estimate of drug-likeness (QED) is 0.331. The van der Waals surface area contributed by atoms with Crippen molar-refractivity contribution in [3.05, 3.63) is 70.3 Å². The molecule has 0 heterocycles. The number of halogens is 4. The van der Waals surface area contributed by atoms with E-state index in [0.717, 1.165) is 30.0 Å². The van der Waals surface area contributed by atoms with Gasteiger partial charge in [0.05, 0.1) is 0 Å². The molecule has 2 aromatic rings. The van der Waals surface area contributed by atoms with Gasteiger partial charge in [0.15, 0.2) is 17.5 Å². The van der Waals surface area contributed by atoms with E-state index >= 15 is 0 Å². The van der Waals surface area contributed by atoms with Crippen LogP contribution in [0.2, 0.25) is 0 Å². The molecule has 1 saturated carbocycles. The summed E-state index contributed by atoms with van der Waals surface area (Å²) in [7, 11) is 0. The molecule has 0 spiro atoms. The standard InChI is InChI=1S/C25H30F4/c1-3-17-4-8-20(9-5-17)16(2)12-18-6-10-21(22(26)13-18)11-7-19-14-23(27)25(29)24(28)15-19/h6,10,13-17,20H,3-5,7-9,11-12H2,1-2H3. The predicted octanol–water partition coefficient (Wildman–Crippen LogP) is 7.42. The van der Waals surface area contributed by atoms with Crippen molar-refractivity contribution in [3.63, 3.8) is 0 Å². The Morgan fingerprint density at radius 1 is 0.828 bits per heavy atom. The second kappa shape index (κ2) is 9.77. The summed E-state index contributed by atoms with van der Waals surface area (Å²) in [5.41, 5.74) is 1.83. The van der Waals surface area contributed by atoms with Crippen molar-refractivity contribution in [2.24, 2.45) is 17.8 Å². The first kappa shape index (κ1) is 21.9. The minimum absolute atomic E-state index is 0.251. The van der Waals surface area contributed by atoms with Crippen molar-refractivity contribution < 1.29 is 17.6 Å². The van der Waals surface area contributed by atoms with Crippen LogP contribution >= 0.6 is 0 Å². The average molecular weight is 407 g/mol. The van der Waals surface area contributed by atoms with E-state index < -0.39 is 17.5 Å². The van der Waals surface area contributed by atoms with Gasteiger partial charge < -0.3 is 0 Å². The van der Waals surface area contributed by atoms with Crippen molar-refractivity contribution in [1.29, 1.82) is 0 Å². The zero-order valence-corrected chi connectivity index (χ0v) is 17.3. The Morgan fingerprint density at radius 3 is 2.03 bits per heavy atom. The van der Waals surface area contributed by atoms with Gasteiger partial charge in [0.25, 0.3) is 0 Å². The molecule has 1 aliphatic carbocycles. The van der Waals surface area contributed by atoms with Crippen molar-refractivity contribution in [1.82, 2.24) is 0 Å². The molecule has 1 fully saturated rings. The summed E-state index contributed by atoms with van der Waals surface area (Å²) >= 11 is 0. The van der Waals surface area contributed by atoms with Gasteiger partial charge in [-0.2, -0.15) is 0 Å². The summed E-state index contributed by atoms with van der Waals surface area (Å²) in [6.45, 7) is 4.53. The summed E-state index contributed by atoms with van der Waals surface area (Å²) in [6.07, 6.45) is 7.86. The van der Waals surface area contributed by atoms with Crippen molar-refractivity contribution in [2.45, 2.75) is 65.2 Å². The summed E-state index contributed by atoms with van der Waals surface area (Å²) in [6, 6.07) is 7.26. The maximum atomic E-state index is 14.6. The molecule has 0 radical (unpaired) electrons. The third-order valence-corrected chi connectivity index (χ3v) is 6.68. The Morgan fingerprint density at radius 2 is 1.45 bits per heavy atom. The summed E-state index contributed by atoms with van der Waals surface area (Å²) in [4.78, 5) is 0. The highest BCUT2D eigenvalue weighted by Gasteiger charge is 2.24. The van der Waals surface area contributed by atoms with Gasteiger partial charge in [-0.3, -0.25) is 0 Å². The summed E-state index contributed by atoms with van der Waals surface area (Å²) in [5.74, 6) is -2.06. The van der Waals surface area contributed by atoms with Crippen LogP contribution < -0.4 is 0 Å². The van der Waals surface area contributed by atoms with Gasteiger partial charge in [-0.05, 0) is 84.7 Å². The molecule has 1 aliphatic rings. The first-order valence-electron chi connectivity index (χ1n) is 10.8. The van der Waals surface area contributed by atoms with E-state index in [1.54, 1.807) is 12.1 Å². The topological polar surface area (TPSA) is 0 Å². The molecular formula is C25H30F4. The lowest BCUT2D eigenvalue weighted by Crippen LogP contribution is -2.21. The van der Waals surface area contributed by atoms with E-state index in [9.17, 15) is 17.6 Å². The Labute approximate surface area is 171 Å². The third-order valence-electron chi connectivity index (χ3n) is 6.68. The lowest BCUT2D eigenvalue weighted by molar-refractivity contribution is 0.210. The normalized spacial score (nSPS) is 20.6. The highest BCUT2D eigenvalue weighted by Crippen LogP contribution is 2.36. The highest BCUT2D eigenvalue weighted by molar-refractivity contribution is 5.27. The van der Waals surface area contributed by atoms with Gasteiger partial charge in [-0.25, -0.2) is 17.6 Å². The first-order chi connectivity index (χ1) is 13.9. The molecule has 2 aromatic carbocycles. The van der Waals surface area contributed by atoms with Gasteiger partial charge in [0.2, 0.25) is 0 Å². The average Bonchev–Trinajstić information content (AvgIpc) is 2.71. The fourth-order valence-electron chi connectivity index (χ4n) is 4.66. The maximum Gasteiger partial charge on any atom is 0.194 e. The fourth-order valence-corrected chi connectivity index (χ4v) is 4.66. The van der Waals surface area contributed by atoms with Crippen LogP contribution in [0.15, 0.2) is 30.3 Å². The molecule has 29 heavy (non-hydrogen) atoms. The minimum atomic E-state index is -1.47. The van der Waals surface area contributed by atoms with E-state index in [4.69, 9.17) is 0 Å². The molecule has 0 amide bonds. The van der Waals surface area contributed by atoms with E-state index in [1.807, 2.05) is 6.07 Å². The monoisotopic (exact) mass is 406 g/mol. The Kier molecular flexibility index (Phi) is 7.37. The van der Waals surface area contributed by atoms with E-state index in [-0.39, 0.29) is 12.2 Å². The second-order valence-corrected chi connectivity index (χ2v) is 8.67. The number of hydrogen-bond acceptors (Lipinski definition) is 0. The molecular weight excluding hydrogens is 376 g/mol. The molecule has 158 valence electrons. The Bertz CT molecular complexity index is 799. The molecule has 0 aromatic heterocycles. The largest absolute Gasteiger partial charge is 0.207 e. The highest BCUT2D eigenvalue weighted by atomic mass is 19.2. The van der Waals surface area contributed by atoms with Gasteiger partial charge in [-0.1, -0.05) is 45.2 Å². The predicted molar refractivity (Wildman–Crippen MR) is 109 cm³/mol. The van der Waals surface area contributed by atoms with Crippen LogP contribution in [-0.2, 0) is 19.3 Å². The molecule has 0 nitrogen and oxygen atoms in total.